The monoisotopic (exact) mass is 496 g/mol. The fourth-order valence-corrected chi connectivity index (χ4v) is 6.82. The Morgan fingerprint density at radius 1 is 0.824 bits per heavy atom. The summed E-state index contributed by atoms with van der Waals surface area (Å²) < 4.78 is 54.9. The van der Waals surface area contributed by atoms with E-state index < -0.39 is 26.6 Å². The first kappa shape index (κ1) is 25.2. The number of nitrogens with zero attached hydrogens (tertiary/aromatic N) is 4. The van der Waals surface area contributed by atoms with Crippen LogP contribution in [0.5, 0.6) is 0 Å². The molecule has 3 rings (SSSR count). The molecule has 0 atom stereocenters. The van der Waals surface area contributed by atoms with Crippen LogP contribution in [0.3, 0.4) is 0 Å². The molecule has 3 aromatic rings. The van der Waals surface area contributed by atoms with Gasteiger partial charge >= 0.3 is 0 Å². The van der Waals surface area contributed by atoms with E-state index in [2.05, 4.69) is 10.0 Å². The largest absolute Gasteiger partial charge is 0.256 e. The van der Waals surface area contributed by atoms with Crippen molar-refractivity contribution in [3.05, 3.63) is 112 Å². The highest BCUT2D eigenvalue weighted by Crippen LogP contribution is 2.27. The molecule has 34 heavy (non-hydrogen) atoms. The smallest absolute Gasteiger partial charge is 0.206 e. The van der Waals surface area contributed by atoms with E-state index in [-0.39, 0.29) is 16.3 Å². The minimum absolute atomic E-state index is 0.156. The lowest BCUT2D eigenvalue weighted by atomic mass is 10.1. The highest BCUT2D eigenvalue weighted by atomic mass is 32.3. The van der Waals surface area contributed by atoms with E-state index in [1.54, 1.807) is 68.5 Å². The normalized spacial score (nSPS) is 12.4. The van der Waals surface area contributed by atoms with Crippen LogP contribution >= 0.6 is 0 Å². The predicted molar refractivity (Wildman–Crippen MR) is 132 cm³/mol. The molecule has 176 valence electrons. The first-order valence-electron chi connectivity index (χ1n) is 10.3. The standard InChI is InChI=1S/C24H24N4O4S2/c1-19-8-12-23(13-9-19)33(29,30)28(34(31,32)24-14-10-20(2)11-15-24)18-22(17-26-27-25)16-21-6-4-3-5-7-21/h3-16H,17-18H2,1-2H3/b22-16-. The number of rotatable bonds is 9. The molecule has 0 aliphatic rings. The maximum atomic E-state index is 13.6. The molecule has 10 heteroatoms. The van der Waals surface area contributed by atoms with Crippen molar-refractivity contribution < 1.29 is 16.8 Å². The molecule has 0 N–H and O–H groups in total. The van der Waals surface area contributed by atoms with Crippen molar-refractivity contribution in [2.75, 3.05) is 13.1 Å². The third kappa shape index (κ3) is 5.92. The number of azide groups is 1. The van der Waals surface area contributed by atoms with Crippen LogP contribution in [0.1, 0.15) is 16.7 Å². The van der Waals surface area contributed by atoms with Gasteiger partial charge in [-0.3, -0.25) is 0 Å². The molecule has 0 unspecified atom stereocenters. The summed E-state index contributed by atoms with van der Waals surface area (Å²) in [6.07, 6.45) is 1.62. The average Bonchev–Trinajstić information content (AvgIpc) is 2.81. The van der Waals surface area contributed by atoms with Crippen molar-refractivity contribution >= 4 is 26.1 Å². The van der Waals surface area contributed by atoms with E-state index in [4.69, 9.17) is 5.53 Å². The maximum absolute atomic E-state index is 13.6. The molecule has 3 aromatic carbocycles. The van der Waals surface area contributed by atoms with Crippen LogP contribution in [0, 0.1) is 13.8 Å². The molecular formula is C24H24N4O4S2. The van der Waals surface area contributed by atoms with Crippen molar-refractivity contribution in [1.82, 2.24) is 3.71 Å². The second-order valence-electron chi connectivity index (χ2n) is 7.67. The zero-order valence-corrected chi connectivity index (χ0v) is 20.4. The minimum atomic E-state index is -4.48. The quantitative estimate of drug-likeness (QED) is 0.233. The van der Waals surface area contributed by atoms with Gasteiger partial charge < -0.3 is 0 Å². The maximum Gasteiger partial charge on any atom is 0.256 e. The SMILES string of the molecule is Cc1ccc(S(=O)(=O)N(C/C(=C\c2ccccc2)CN=[N+]=[N-])S(=O)(=O)c2ccc(C)cc2)cc1. The van der Waals surface area contributed by atoms with Gasteiger partial charge in [0.25, 0.3) is 20.0 Å². The van der Waals surface area contributed by atoms with Gasteiger partial charge in [-0.2, -0.15) is 0 Å². The predicted octanol–water partition coefficient (Wildman–Crippen LogP) is 5.08. The number of hydrogen-bond donors (Lipinski definition) is 0. The minimum Gasteiger partial charge on any atom is -0.206 e. The van der Waals surface area contributed by atoms with Crippen LogP contribution in [0.25, 0.3) is 16.5 Å². The molecule has 0 bridgehead atoms. The van der Waals surface area contributed by atoms with Crippen LogP contribution in [-0.2, 0) is 20.0 Å². The molecule has 0 radical (unpaired) electrons. The highest BCUT2D eigenvalue weighted by molar-refractivity contribution is 8.04. The third-order valence-corrected chi connectivity index (χ3v) is 9.26. The second kappa shape index (κ2) is 10.7. The van der Waals surface area contributed by atoms with Gasteiger partial charge in [-0.1, -0.05) is 80.6 Å². The number of aryl methyl sites for hydroxylation is 2. The molecule has 0 heterocycles. The second-order valence-corrected chi connectivity index (χ2v) is 11.6. The fourth-order valence-electron chi connectivity index (χ4n) is 3.17. The Balaban J connectivity index is 2.17. The van der Waals surface area contributed by atoms with Crippen LogP contribution in [0.4, 0.5) is 0 Å². The van der Waals surface area contributed by atoms with Gasteiger partial charge in [0.2, 0.25) is 0 Å². The fraction of sp³-hybridized carbons (Fsp3) is 0.167. The summed E-state index contributed by atoms with van der Waals surface area (Å²) in [5.74, 6) is 0. The van der Waals surface area contributed by atoms with Crippen molar-refractivity contribution in [3.8, 4) is 0 Å². The Labute approximate surface area is 199 Å². The Morgan fingerprint density at radius 2 is 1.29 bits per heavy atom. The molecule has 0 spiro atoms. The first-order valence-corrected chi connectivity index (χ1v) is 13.2. The number of hydrogen-bond acceptors (Lipinski definition) is 5. The van der Waals surface area contributed by atoms with E-state index >= 15 is 0 Å². The van der Waals surface area contributed by atoms with Crippen molar-refractivity contribution in [3.63, 3.8) is 0 Å². The summed E-state index contributed by atoms with van der Waals surface area (Å²) in [7, 11) is -8.95. The average molecular weight is 497 g/mol. The molecule has 0 aliphatic carbocycles. The van der Waals surface area contributed by atoms with Crippen molar-refractivity contribution in [1.29, 1.82) is 0 Å². The summed E-state index contributed by atoms with van der Waals surface area (Å²) in [4.78, 5) is 2.44. The topological polar surface area (TPSA) is 120 Å². The van der Waals surface area contributed by atoms with Gasteiger partial charge in [0, 0.05) is 11.5 Å². The lowest BCUT2D eigenvalue weighted by Gasteiger charge is -2.23. The lowest BCUT2D eigenvalue weighted by Crippen LogP contribution is -2.38. The Hall–Kier alpha value is -3.43. The molecule has 0 saturated carbocycles. The zero-order chi connectivity index (χ0) is 24.8. The van der Waals surface area contributed by atoms with Gasteiger partial charge in [-0.15, -0.1) is 0 Å². The molecular weight excluding hydrogens is 472 g/mol. The van der Waals surface area contributed by atoms with Gasteiger partial charge in [0.05, 0.1) is 16.3 Å². The molecule has 0 aliphatic heterocycles. The molecule has 0 saturated heterocycles. The van der Waals surface area contributed by atoms with Gasteiger partial charge in [-0.05, 0) is 54.8 Å². The lowest BCUT2D eigenvalue weighted by molar-refractivity contribution is 0.509. The Bertz CT molecular complexity index is 1350. The highest BCUT2D eigenvalue weighted by Gasteiger charge is 2.37. The van der Waals surface area contributed by atoms with E-state index in [0.29, 0.717) is 14.8 Å². The van der Waals surface area contributed by atoms with Gasteiger partial charge in [0.1, 0.15) is 0 Å². The molecule has 0 fully saturated rings. The van der Waals surface area contributed by atoms with E-state index in [1.165, 1.54) is 24.3 Å². The van der Waals surface area contributed by atoms with E-state index in [0.717, 1.165) is 11.1 Å². The molecule has 8 nitrogen and oxygen atoms in total. The van der Waals surface area contributed by atoms with Gasteiger partial charge in [0.15, 0.2) is 0 Å². The third-order valence-electron chi connectivity index (χ3n) is 5.01. The summed E-state index contributed by atoms with van der Waals surface area (Å²) in [6, 6.07) is 20.9. The van der Waals surface area contributed by atoms with Crippen LogP contribution in [-0.4, -0.2) is 33.6 Å². The Morgan fingerprint density at radius 3 is 1.74 bits per heavy atom. The van der Waals surface area contributed by atoms with Crippen LogP contribution in [0.15, 0.2) is 99.3 Å². The summed E-state index contributed by atoms with van der Waals surface area (Å²) in [5, 5.41) is 3.55. The van der Waals surface area contributed by atoms with E-state index in [9.17, 15) is 16.8 Å². The van der Waals surface area contributed by atoms with Crippen molar-refractivity contribution in [2.45, 2.75) is 23.6 Å². The first-order chi connectivity index (χ1) is 16.1. The Kier molecular flexibility index (Phi) is 7.90. The molecule has 0 amide bonds. The number of benzene rings is 3. The zero-order valence-electron chi connectivity index (χ0n) is 18.7. The summed E-state index contributed by atoms with van der Waals surface area (Å²) >= 11 is 0. The van der Waals surface area contributed by atoms with Crippen LogP contribution < -0.4 is 0 Å². The van der Waals surface area contributed by atoms with Gasteiger partial charge in [-0.25, -0.2) is 16.8 Å². The molecule has 0 aromatic heterocycles. The van der Waals surface area contributed by atoms with Crippen molar-refractivity contribution in [2.24, 2.45) is 5.11 Å². The summed E-state index contributed by atoms with van der Waals surface area (Å²) in [5.41, 5.74) is 11.5. The van der Waals surface area contributed by atoms with Crippen LogP contribution in [0.2, 0.25) is 0 Å². The number of sulfonamides is 2. The summed E-state index contributed by atoms with van der Waals surface area (Å²) in [6.45, 7) is 2.89. The van der Waals surface area contributed by atoms with E-state index in [1.807, 2.05) is 6.07 Å².